The minimum Gasteiger partial charge on any atom is -0.339 e. The molecule has 1 aliphatic rings. The molecule has 1 heterocycles. The van der Waals surface area contributed by atoms with Crippen LogP contribution in [0.2, 0.25) is 10.0 Å². The van der Waals surface area contributed by atoms with Crippen molar-refractivity contribution in [3.8, 4) is 0 Å². The van der Waals surface area contributed by atoms with Crippen molar-refractivity contribution in [3.63, 3.8) is 0 Å². The molecule has 0 aliphatic carbocycles. The van der Waals surface area contributed by atoms with Crippen LogP contribution in [0.25, 0.3) is 0 Å². The monoisotopic (exact) mass is 351 g/mol. The van der Waals surface area contributed by atoms with Gasteiger partial charge in [0.05, 0.1) is 21.5 Å². The quantitative estimate of drug-likeness (QED) is 0.836. The Labute approximate surface area is 133 Å². The maximum atomic E-state index is 12.1. The summed E-state index contributed by atoms with van der Waals surface area (Å²) in [5.41, 5.74) is 0. The highest BCUT2D eigenvalue weighted by molar-refractivity contribution is 7.89. The number of sulfonamides is 1. The topological polar surface area (TPSA) is 78.5 Å². The maximum Gasteiger partial charge on any atom is 0.241 e. The second-order valence-corrected chi connectivity index (χ2v) is 7.11. The molecule has 0 unspecified atom stereocenters. The van der Waals surface area contributed by atoms with E-state index in [-0.39, 0.29) is 27.4 Å². The maximum absolute atomic E-state index is 12.1. The van der Waals surface area contributed by atoms with Gasteiger partial charge in [-0.15, -0.1) is 0 Å². The first-order valence-electron chi connectivity index (χ1n) is 6.33. The summed E-state index contributed by atoms with van der Waals surface area (Å²) in [6, 6.07) is 3.99. The summed E-state index contributed by atoms with van der Waals surface area (Å²) in [5.74, 6) is -0.250. The Morgan fingerprint density at radius 2 is 1.90 bits per heavy atom. The first-order valence-corrected chi connectivity index (χ1v) is 8.57. The molecule has 116 valence electrons. The van der Waals surface area contributed by atoms with Gasteiger partial charge < -0.3 is 10.2 Å². The van der Waals surface area contributed by atoms with Crippen LogP contribution in [0.3, 0.4) is 0 Å². The summed E-state index contributed by atoms with van der Waals surface area (Å²) >= 11 is 11.5. The van der Waals surface area contributed by atoms with Crippen molar-refractivity contribution in [1.82, 2.24) is 14.9 Å². The molecule has 1 aliphatic heterocycles. The number of nitrogens with zero attached hydrogens (tertiary/aromatic N) is 1. The smallest absolute Gasteiger partial charge is 0.241 e. The second-order valence-electron chi connectivity index (χ2n) is 4.53. The van der Waals surface area contributed by atoms with Crippen LogP contribution < -0.4 is 10.0 Å². The molecular weight excluding hydrogens is 337 g/mol. The number of halogens is 2. The van der Waals surface area contributed by atoms with Gasteiger partial charge in [-0.3, -0.25) is 4.79 Å². The van der Waals surface area contributed by atoms with Crippen LogP contribution in [0.15, 0.2) is 23.1 Å². The minimum absolute atomic E-state index is 0.0231. The fourth-order valence-electron chi connectivity index (χ4n) is 1.91. The summed E-state index contributed by atoms with van der Waals surface area (Å²) in [6.07, 6.45) is 0. The van der Waals surface area contributed by atoms with E-state index in [1.165, 1.54) is 18.2 Å². The fraction of sp³-hybridized carbons (Fsp3) is 0.417. The number of benzene rings is 1. The molecule has 2 N–H and O–H groups in total. The van der Waals surface area contributed by atoms with Gasteiger partial charge in [0.15, 0.2) is 0 Å². The third-order valence-corrected chi connectivity index (χ3v) is 5.22. The zero-order chi connectivity index (χ0) is 15.5. The largest absolute Gasteiger partial charge is 0.339 e. The standard InChI is InChI=1S/C12H15Cl2N3O3S/c13-10-2-1-9(7-11(10)14)21(19,20)16-8-12(18)17-5-3-15-4-6-17/h1-2,7,15-16H,3-6,8H2. The van der Waals surface area contributed by atoms with Crippen molar-refractivity contribution in [2.24, 2.45) is 0 Å². The summed E-state index contributed by atoms with van der Waals surface area (Å²) in [7, 11) is -3.79. The first-order chi connectivity index (χ1) is 9.90. The molecule has 0 spiro atoms. The molecule has 21 heavy (non-hydrogen) atoms. The molecule has 0 saturated carbocycles. The lowest BCUT2D eigenvalue weighted by Crippen LogP contribution is -2.49. The number of carbonyl (C=O) groups is 1. The van der Waals surface area contributed by atoms with Gasteiger partial charge in [-0.1, -0.05) is 23.2 Å². The average Bonchev–Trinajstić information content (AvgIpc) is 2.48. The predicted molar refractivity (Wildman–Crippen MR) is 81.1 cm³/mol. The fourth-order valence-corrected chi connectivity index (χ4v) is 3.27. The second kappa shape index (κ2) is 6.93. The van der Waals surface area contributed by atoms with Crippen LogP contribution in [-0.4, -0.2) is 51.9 Å². The van der Waals surface area contributed by atoms with Gasteiger partial charge >= 0.3 is 0 Å². The molecule has 1 amide bonds. The third kappa shape index (κ3) is 4.31. The lowest BCUT2D eigenvalue weighted by molar-refractivity contribution is -0.130. The highest BCUT2D eigenvalue weighted by atomic mass is 35.5. The van der Waals surface area contributed by atoms with E-state index >= 15 is 0 Å². The molecule has 0 radical (unpaired) electrons. The van der Waals surface area contributed by atoms with Crippen LogP contribution >= 0.6 is 23.2 Å². The van der Waals surface area contributed by atoms with Gasteiger partial charge in [-0.05, 0) is 18.2 Å². The van der Waals surface area contributed by atoms with Gasteiger partial charge in [0.25, 0.3) is 0 Å². The molecule has 0 atom stereocenters. The molecule has 2 rings (SSSR count). The van der Waals surface area contributed by atoms with Crippen molar-refractivity contribution in [3.05, 3.63) is 28.2 Å². The van der Waals surface area contributed by atoms with E-state index in [9.17, 15) is 13.2 Å². The molecular formula is C12H15Cl2N3O3S. The lowest BCUT2D eigenvalue weighted by Gasteiger charge is -2.27. The molecule has 1 saturated heterocycles. The van der Waals surface area contributed by atoms with Crippen LogP contribution in [0.4, 0.5) is 0 Å². The Balaban J connectivity index is 2.00. The highest BCUT2D eigenvalue weighted by Gasteiger charge is 2.20. The SMILES string of the molecule is O=C(CNS(=O)(=O)c1ccc(Cl)c(Cl)c1)N1CCNCC1. The number of rotatable bonds is 4. The van der Waals surface area contributed by atoms with E-state index in [1.54, 1.807) is 4.90 Å². The van der Waals surface area contributed by atoms with Crippen molar-refractivity contribution in [2.75, 3.05) is 32.7 Å². The van der Waals surface area contributed by atoms with Crippen LogP contribution in [0.1, 0.15) is 0 Å². The molecule has 1 fully saturated rings. The van der Waals surface area contributed by atoms with Gasteiger partial charge in [-0.2, -0.15) is 0 Å². The van der Waals surface area contributed by atoms with Crippen LogP contribution in [-0.2, 0) is 14.8 Å². The van der Waals surface area contributed by atoms with Gasteiger partial charge in [-0.25, -0.2) is 13.1 Å². The van der Waals surface area contributed by atoms with E-state index in [0.717, 1.165) is 0 Å². The lowest BCUT2D eigenvalue weighted by atomic mass is 10.3. The van der Waals surface area contributed by atoms with Crippen molar-refractivity contribution in [2.45, 2.75) is 4.90 Å². The Hall–Kier alpha value is -0.860. The minimum atomic E-state index is -3.79. The molecule has 9 heteroatoms. The van der Waals surface area contributed by atoms with Gasteiger partial charge in [0, 0.05) is 26.2 Å². The average molecular weight is 352 g/mol. The Bertz CT molecular complexity index is 631. The third-order valence-electron chi connectivity index (χ3n) is 3.08. The number of nitrogens with one attached hydrogen (secondary N) is 2. The Morgan fingerprint density at radius 3 is 2.52 bits per heavy atom. The zero-order valence-electron chi connectivity index (χ0n) is 11.1. The first kappa shape index (κ1) is 16.5. The predicted octanol–water partition coefficient (Wildman–Crippen LogP) is 0.703. The number of carbonyl (C=O) groups excluding carboxylic acids is 1. The summed E-state index contributed by atoms with van der Waals surface area (Å²) in [4.78, 5) is 13.5. The van der Waals surface area contributed by atoms with E-state index in [4.69, 9.17) is 23.2 Å². The Morgan fingerprint density at radius 1 is 1.24 bits per heavy atom. The van der Waals surface area contributed by atoms with Gasteiger partial charge in [0.2, 0.25) is 15.9 Å². The molecule has 0 bridgehead atoms. The van der Waals surface area contributed by atoms with E-state index < -0.39 is 10.0 Å². The molecule has 1 aromatic rings. The summed E-state index contributed by atoms with van der Waals surface area (Å²) in [6.45, 7) is 2.31. The number of piperazine rings is 1. The number of hydrogen-bond acceptors (Lipinski definition) is 4. The van der Waals surface area contributed by atoms with E-state index in [1.807, 2.05) is 0 Å². The molecule has 6 nitrogen and oxygen atoms in total. The molecule has 1 aromatic carbocycles. The highest BCUT2D eigenvalue weighted by Crippen LogP contribution is 2.24. The number of hydrogen-bond donors (Lipinski definition) is 2. The van der Waals surface area contributed by atoms with Crippen LogP contribution in [0, 0.1) is 0 Å². The van der Waals surface area contributed by atoms with Crippen molar-refractivity contribution >= 4 is 39.1 Å². The summed E-state index contributed by atoms with van der Waals surface area (Å²) < 4.78 is 26.5. The number of amides is 1. The van der Waals surface area contributed by atoms with E-state index in [0.29, 0.717) is 26.2 Å². The van der Waals surface area contributed by atoms with E-state index in [2.05, 4.69) is 10.0 Å². The Kier molecular flexibility index (Phi) is 5.45. The summed E-state index contributed by atoms with van der Waals surface area (Å²) in [5, 5.41) is 3.54. The van der Waals surface area contributed by atoms with Crippen molar-refractivity contribution in [1.29, 1.82) is 0 Å². The van der Waals surface area contributed by atoms with Crippen LogP contribution in [0.5, 0.6) is 0 Å². The zero-order valence-corrected chi connectivity index (χ0v) is 13.4. The van der Waals surface area contributed by atoms with Crippen molar-refractivity contribution < 1.29 is 13.2 Å². The normalized spacial score (nSPS) is 16.0. The van der Waals surface area contributed by atoms with Gasteiger partial charge in [0.1, 0.15) is 0 Å². The molecule has 0 aromatic heterocycles.